The van der Waals surface area contributed by atoms with Crippen LogP contribution in [-0.2, 0) is 38.4 Å². The molecule has 0 radical (unpaired) electrons. The van der Waals surface area contributed by atoms with Crippen molar-refractivity contribution in [2.24, 2.45) is 34.4 Å². The van der Waals surface area contributed by atoms with Crippen LogP contribution in [0.2, 0.25) is 5.15 Å². The Bertz CT molecular complexity index is 1790. The molecule has 0 fully saturated rings. The van der Waals surface area contributed by atoms with Gasteiger partial charge in [0.25, 0.3) is 5.82 Å². The lowest BCUT2D eigenvalue weighted by atomic mass is 10.0. The molecule has 0 aliphatic heterocycles. The van der Waals surface area contributed by atoms with E-state index < -0.39 is 11.9 Å². The molecule has 3 aromatic heterocycles. The Kier molecular flexibility index (Phi) is 21.9. The predicted octanol–water partition coefficient (Wildman–Crippen LogP) is 10.8. The van der Waals surface area contributed by atoms with Gasteiger partial charge >= 0.3 is 6.18 Å². The molecule has 0 aliphatic carbocycles. The van der Waals surface area contributed by atoms with Gasteiger partial charge in [0.15, 0.2) is 6.19 Å². The number of hydrogen-bond acceptors (Lipinski definition) is 5. The molecule has 290 valence electrons. The molecule has 54 heavy (non-hydrogen) atoms. The minimum atomic E-state index is -4.34. The maximum Gasteiger partial charge on any atom is 0.433 e. The third kappa shape index (κ3) is 22.2. The Morgan fingerprint density at radius 3 is 1.70 bits per heavy atom. The number of hydrogen-bond donors (Lipinski definition) is 2. The topological polar surface area (TPSA) is 117 Å². The summed E-state index contributed by atoms with van der Waals surface area (Å²) in [6, 6.07) is 18.8. The molecule has 12 heteroatoms. The highest BCUT2D eigenvalue weighted by Crippen LogP contribution is 2.28. The predicted molar refractivity (Wildman–Crippen MR) is 214 cm³/mol. The van der Waals surface area contributed by atoms with E-state index in [1.807, 2.05) is 50.2 Å². The molecule has 0 bridgehead atoms. The van der Waals surface area contributed by atoms with Gasteiger partial charge in [0.1, 0.15) is 17.0 Å². The van der Waals surface area contributed by atoms with Crippen LogP contribution in [0.3, 0.4) is 0 Å². The van der Waals surface area contributed by atoms with Crippen LogP contribution in [0.1, 0.15) is 88.9 Å². The average Bonchev–Trinajstić information content (AvgIpc) is 3.07. The molecule has 0 saturated heterocycles. The van der Waals surface area contributed by atoms with Crippen LogP contribution in [0.5, 0.6) is 0 Å². The van der Waals surface area contributed by atoms with E-state index in [9.17, 15) is 13.2 Å². The number of aromatic nitrogens is 3. The summed E-state index contributed by atoms with van der Waals surface area (Å²) >= 11 is 5.72. The van der Waals surface area contributed by atoms with E-state index in [1.54, 1.807) is 24.7 Å². The van der Waals surface area contributed by atoms with Crippen molar-refractivity contribution in [3.05, 3.63) is 129 Å². The van der Waals surface area contributed by atoms with Crippen LogP contribution in [0.4, 0.5) is 19.0 Å². The number of benzene rings is 1. The van der Waals surface area contributed by atoms with E-state index in [1.165, 1.54) is 22.9 Å². The molecule has 4 aromatic rings. The smallest absolute Gasteiger partial charge is 0.369 e. The molecule has 8 nitrogen and oxygen atoms in total. The van der Waals surface area contributed by atoms with Crippen LogP contribution in [0.15, 0.2) is 84.2 Å². The van der Waals surface area contributed by atoms with Crippen molar-refractivity contribution in [2.75, 3.05) is 0 Å². The highest BCUT2D eigenvalue weighted by molar-refractivity contribution is 6.29. The fourth-order valence-electron chi connectivity index (χ4n) is 4.99. The Balaban J connectivity index is 0.000000365. The minimum absolute atomic E-state index is 0.154. The maximum absolute atomic E-state index is 12.2. The van der Waals surface area contributed by atoms with Crippen LogP contribution in [0, 0.1) is 41.7 Å². The van der Waals surface area contributed by atoms with Crippen molar-refractivity contribution < 1.29 is 13.2 Å². The summed E-state index contributed by atoms with van der Waals surface area (Å²) in [6.45, 7) is 24.3. The third-order valence-electron chi connectivity index (χ3n) is 7.01. The van der Waals surface area contributed by atoms with Gasteiger partial charge < -0.3 is 10.6 Å². The fourth-order valence-corrected chi connectivity index (χ4v) is 5.18. The second-order valence-corrected chi connectivity index (χ2v) is 14.7. The first-order valence-electron chi connectivity index (χ1n) is 17.9. The molecule has 4 rings (SSSR count). The third-order valence-corrected chi connectivity index (χ3v) is 7.22. The van der Waals surface area contributed by atoms with Crippen molar-refractivity contribution in [1.29, 1.82) is 5.26 Å². The van der Waals surface area contributed by atoms with Crippen molar-refractivity contribution in [3.63, 3.8) is 0 Å². The summed E-state index contributed by atoms with van der Waals surface area (Å²) in [5.41, 5.74) is 10.2. The number of nitrogens with zero attached hydrogens (tertiary/aromatic N) is 6. The molecule has 1 aromatic carbocycles. The normalized spacial score (nSPS) is 11.0. The second kappa shape index (κ2) is 25.1. The monoisotopic (exact) mass is 762 g/mol. The summed E-state index contributed by atoms with van der Waals surface area (Å²) < 4.78 is 36.7. The fraction of sp³-hybridized carbons (Fsp3) is 0.429. The number of guanidine groups is 1. The first-order valence-corrected chi connectivity index (χ1v) is 18.3. The Labute approximate surface area is 325 Å². The number of aliphatic imine (C=N–C) groups is 1. The van der Waals surface area contributed by atoms with Gasteiger partial charge in [-0.2, -0.15) is 18.4 Å². The Morgan fingerprint density at radius 1 is 0.759 bits per heavy atom. The van der Waals surface area contributed by atoms with Crippen LogP contribution in [-0.4, -0.2) is 20.9 Å². The Hall–Kier alpha value is -5.00. The summed E-state index contributed by atoms with van der Waals surface area (Å²) in [7, 11) is 0. The average molecular weight is 763 g/mol. The van der Waals surface area contributed by atoms with Crippen molar-refractivity contribution in [3.8, 4) is 6.19 Å². The van der Waals surface area contributed by atoms with Crippen LogP contribution < -0.4 is 11.1 Å². The summed E-state index contributed by atoms with van der Waals surface area (Å²) in [6.07, 6.45) is 5.85. The van der Waals surface area contributed by atoms with E-state index >= 15 is 0 Å². The number of nitrogens with two attached hydrogens (primary N) is 1. The number of nitriles is 1. The zero-order chi connectivity index (χ0) is 40.7. The first kappa shape index (κ1) is 47.0. The van der Waals surface area contributed by atoms with E-state index in [-0.39, 0.29) is 5.96 Å². The zero-order valence-electron chi connectivity index (χ0n) is 32.6. The van der Waals surface area contributed by atoms with Gasteiger partial charge in [0.2, 0.25) is 5.96 Å². The van der Waals surface area contributed by atoms with Gasteiger partial charge in [-0.3, -0.25) is 10.3 Å². The first-order chi connectivity index (χ1) is 25.4. The molecule has 0 atom stereocenters. The highest BCUT2D eigenvalue weighted by Gasteiger charge is 2.32. The largest absolute Gasteiger partial charge is 0.433 e. The zero-order valence-corrected chi connectivity index (χ0v) is 33.4. The standard InChI is InChI=1S/C13H18N4.C10H12F3N.C10H12N2.C9H12ClN/c1-10(2)6-11-4-3-5-12(7-11)8-16-13(15)17-9-14;1-7(2)5-8-3-4-14-9(6-8)10(11,12)13;1-8(2)6-9-4-5-12-10(7-9)11-3;1-7(2)5-8-3-4-11-9(10)6-8/h3-5,7,10H,6,8H2,1-2H3,(H3,15,16,17);3-4,6-7H,5H2,1-2H3;4-5,7-8H,6H2,1-2H3;3-4,6-7H,5H2,1-2H3. The lowest BCUT2D eigenvalue weighted by Gasteiger charge is -2.08. The number of halogens is 4. The molecule has 0 saturated carbocycles. The molecule has 0 unspecified atom stereocenters. The molecule has 3 heterocycles. The van der Waals surface area contributed by atoms with E-state index in [0.29, 0.717) is 53.2 Å². The summed E-state index contributed by atoms with van der Waals surface area (Å²) in [5.74, 6) is 2.94. The van der Waals surface area contributed by atoms with Crippen molar-refractivity contribution >= 4 is 23.4 Å². The summed E-state index contributed by atoms with van der Waals surface area (Å²) in [4.78, 5) is 18.5. The number of rotatable bonds is 10. The second-order valence-electron chi connectivity index (χ2n) is 14.3. The van der Waals surface area contributed by atoms with Crippen LogP contribution in [0.25, 0.3) is 4.85 Å². The number of nitrogens with one attached hydrogen (secondary N) is 1. The number of pyridine rings is 3. The van der Waals surface area contributed by atoms with E-state index in [0.717, 1.165) is 30.9 Å². The quantitative estimate of drug-likeness (QED) is 0.0415. The highest BCUT2D eigenvalue weighted by atomic mass is 35.5. The van der Waals surface area contributed by atoms with Crippen molar-refractivity contribution in [1.82, 2.24) is 20.3 Å². The Morgan fingerprint density at radius 2 is 1.22 bits per heavy atom. The van der Waals surface area contributed by atoms with Crippen LogP contribution >= 0.6 is 11.6 Å². The molecule has 3 N–H and O–H groups in total. The maximum atomic E-state index is 12.2. The van der Waals surface area contributed by atoms with Gasteiger partial charge in [-0.25, -0.2) is 9.98 Å². The summed E-state index contributed by atoms with van der Waals surface area (Å²) in [5, 5.41) is 11.2. The van der Waals surface area contributed by atoms with Gasteiger partial charge in [-0.15, -0.1) is 4.98 Å². The molecule has 0 spiro atoms. The lowest BCUT2D eigenvalue weighted by molar-refractivity contribution is -0.141. The molecule has 0 amide bonds. The molecule has 0 aliphatic rings. The van der Waals surface area contributed by atoms with Gasteiger partial charge in [0.05, 0.1) is 6.54 Å². The molecular weight excluding hydrogens is 709 g/mol. The lowest BCUT2D eigenvalue weighted by Crippen LogP contribution is -2.27. The van der Waals surface area contributed by atoms with E-state index in [4.69, 9.17) is 29.2 Å². The SMILES string of the molecule is CC(C)Cc1cccc(CN=C(N)NC#N)c1.CC(C)Cc1ccnc(C(F)(F)F)c1.CC(C)Cc1ccnc(Cl)c1.[C-]#[N+]c1cc(CC(C)C)ccn1. The van der Waals surface area contributed by atoms with Gasteiger partial charge in [0, 0.05) is 12.4 Å². The minimum Gasteiger partial charge on any atom is -0.369 e. The number of alkyl halides is 3. The van der Waals surface area contributed by atoms with Crippen molar-refractivity contribution in [2.45, 2.75) is 93.8 Å². The van der Waals surface area contributed by atoms with Gasteiger partial charge in [-0.05, 0) is 108 Å². The molecular formula is C42H54ClF3N8. The van der Waals surface area contributed by atoms with E-state index in [2.05, 4.69) is 83.8 Å². The van der Waals surface area contributed by atoms with Gasteiger partial charge in [-0.1, -0.05) is 103 Å².